The van der Waals surface area contributed by atoms with Gasteiger partial charge in [-0.05, 0) is 51.1 Å². The van der Waals surface area contributed by atoms with Crippen LogP contribution in [0.1, 0.15) is 58.4 Å². The van der Waals surface area contributed by atoms with Crippen molar-refractivity contribution < 1.29 is 19.1 Å². The van der Waals surface area contributed by atoms with Crippen LogP contribution in [-0.4, -0.2) is 46.8 Å². The Morgan fingerprint density at radius 1 is 1.28 bits per heavy atom. The van der Waals surface area contributed by atoms with Crippen LogP contribution in [0.2, 0.25) is 5.28 Å². The SMILES string of the molecule is COC(=O)C#Cc1cnc(Cl)nc1NC1(CNC(=O)OC(C)(C)C)CCCCC1. The van der Waals surface area contributed by atoms with Gasteiger partial charge in [-0.15, -0.1) is 0 Å². The van der Waals surface area contributed by atoms with Gasteiger partial charge in [0.15, 0.2) is 0 Å². The topological polar surface area (TPSA) is 102 Å². The minimum absolute atomic E-state index is 0.0576. The van der Waals surface area contributed by atoms with Crippen LogP contribution in [0.4, 0.5) is 10.6 Å². The zero-order chi connectivity index (χ0) is 21.5. The maximum Gasteiger partial charge on any atom is 0.407 e. The fraction of sp³-hybridized carbons (Fsp3) is 0.600. The number of ether oxygens (including phenoxy) is 2. The van der Waals surface area contributed by atoms with E-state index in [1.54, 1.807) is 0 Å². The Morgan fingerprint density at radius 2 is 1.97 bits per heavy atom. The van der Waals surface area contributed by atoms with Gasteiger partial charge in [-0.3, -0.25) is 0 Å². The van der Waals surface area contributed by atoms with Crippen LogP contribution >= 0.6 is 11.6 Å². The third-order valence-electron chi connectivity index (χ3n) is 4.41. The Hall–Kier alpha value is -2.53. The number of esters is 1. The zero-order valence-corrected chi connectivity index (χ0v) is 18.0. The third kappa shape index (κ3) is 7.42. The molecule has 1 aliphatic carbocycles. The molecular formula is C20H27ClN4O4. The minimum Gasteiger partial charge on any atom is -0.459 e. The van der Waals surface area contributed by atoms with Gasteiger partial charge in [0.25, 0.3) is 0 Å². The quantitative estimate of drug-likeness (QED) is 0.436. The lowest BCUT2D eigenvalue weighted by Gasteiger charge is -2.39. The number of nitrogens with zero attached hydrogens (tertiary/aromatic N) is 2. The average Bonchev–Trinajstić information content (AvgIpc) is 2.65. The predicted octanol–water partition coefficient (Wildman–Crippen LogP) is 3.29. The normalized spacial score (nSPS) is 15.5. The molecule has 0 spiro atoms. The Kier molecular flexibility index (Phi) is 7.68. The lowest BCUT2D eigenvalue weighted by atomic mass is 9.81. The molecule has 2 N–H and O–H groups in total. The number of rotatable bonds is 4. The second-order valence-corrected chi connectivity index (χ2v) is 8.30. The molecule has 0 unspecified atom stereocenters. The smallest absolute Gasteiger partial charge is 0.407 e. The van der Waals surface area contributed by atoms with Gasteiger partial charge < -0.3 is 20.1 Å². The van der Waals surface area contributed by atoms with Crippen LogP contribution in [0, 0.1) is 11.8 Å². The van der Waals surface area contributed by atoms with Crippen molar-refractivity contribution in [1.82, 2.24) is 15.3 Å². The van der Waals surface area contributed by atoms with Gasteiger partial charge in [0.2, 0.25) is 5.28 Å². The molecule has 1 saturated carbocycles. The highest BCUT2D eigenvalue weighted by Crippen LogP contribution is 2.32. The first-order valence-corrected chi connectivity index (χ1v) is 9.88. The molecule has 1 aromatic rings. The molecule has 1 amide bonds. The summed E-state index contributed by atoms with van der Waals surface area (Å²) in [6.07, 6.45) is 5.76. The third-order valence-corrected chi connectivity index (χ3v) is 4.59. The fourth-order valence-electron chi connectivity index (χ4n) is 3.10. The van der Waals surface area contributed by atoms with E-state index < -0.39 is 23.2 Å². The van der Waals surface area contributed by atoms with Gasteiger partial charge in [0.05, 0.1) is 18.2 Å². The van der Waals surface area contributed by atoms with Gasteiger partial charge in [0, 0.05) is 18.7 Å². The average molecular weight is 423 g/mol. The summed E-state index contributed by atoms with van der Waals surface area (Å²) in [5, 5.41) is 6.31. The van der Waals surface area contributed by atoms with E-state index in [-0.39, 0.29) is 5.28 Å². The van der Waals surface area contributed by atoms with Crippen LogP contribution in [0.5, 0.6) is 0 Å². The number of hydrogen-bond donors (Lipinski definition) is 2. The second-order valence-electron chi connectivity index (χ2n) is 7.96. The monoisotopic (exact) mass is 422 g/mol. The molecule has 29 heavy (non-hydrogen) atoms. The summed E-state index contributed by atoms with van der Waals surface area (Å²) in [5.74, 6) is 4.83. The molecule has 158 valence electrons. The standard InChI is InChI=1S/C20H27ClN4O4/c1-19(2,3)29-18(27)23-13-20(10-6-5-7-11-20)25-16-14(8-9-15(26)28-4)12-22-17(21)24-16/h12H,5-7,10-11,13H2,1-4H3,(H,23,27)(H,22,24,25). The highest BCUT2D eigenvalue weighted by atomic mass is 35.5. The summed E-state index contributed by atoms with van der Waals surface area (Å²) in [4.78, 5) is 31.7. The summed E-state index contributed by atoms with van der Waals surface area (Å²) in [7, 11) is 1.26. The van der Waals surface area contributed by atoms with E-state index in [4.69, 9.17) is 16.3 Å². The molecule has 0 atom stereocenters. The van der Waals surface area contributed by atoms with Crippen molar-refractivity contribution in [3.8, 4) is 11.8 Å². The number of aromatic nitrogens is 2. The molecular weight excluding hydrogens is 396 g/mol. The maximum atomic E-state index is 12.1. The number of nitrogens with one attached hydrogen (secondary N) is 2. The number of halogens is 1. The number of carbonyl (C=O) groups is 2. The molecule has 0 radical (unpaired) electrons. The van der Waals surface area contributed by atoms with Crippen LogP contribution in [-0.2, 0) is 14.3 Å². The zero-order valence-electron chi connectivity index (χ0n) is 17.2. The van der Waals surface area contributed by atoms with Crippen molar-refractivity contribution in [2.45, 2.75) is 64.0 Å². The largest absolute Gasteiger partial charge is 0.459 e. The highest BCUT2D eigenvalue weighted by molar-refractivity contribution is 6.28. The summed E-state index contributed by atoms with van der Waals surface area (Å²) < 4.78 is 9.89. The van der Waals surface area contributed by atoms with E-state index in [1.807, 2.05) is 20.8 Å². The summed E-state index contributed by atoms with van der Waals surface area (Å²) >= 11 is 5.98. The molecule has 1 heterocycles. The molecule has 1 aliphatic rings. The van der Waals surface area contributed by atoms with E-state index in [0.717, 1.165) is 32.1 Å². The number of amides is 1. The highest BCUT2D eigenvalue weighted by Gasteiger charge is 2.34. The van der Waals surface area contributed by atoms with Crippen molar-refractivity contribution in [1.29, 1.82) is 0 Å². The first-order chi connectivity index (χ1) is 13.6. The Bertz CT molecular complexity index is 805. The number of methoxy groups -OCH3 is 1. The van der Waals surface area contributed by atoms with Gasteiger partial charge in [-0.2, -0.15) is 4.98 Å². The Labute approximate surface area is 176 Å². The van der Waals surface area contributed by atoms with E-state index in [0.29, 0.717) is 17.9 Å². The van der Waals surface area contributed by atoms with Crippen molar-refractivity contribution in [2.75, 3.05) is 19.0 Å². The molecule has 0 aromatic carbocycles. The lowest BCUT2D eigenvalue weighted by Crippen LogP contribution is -2.51. The molecule has 0 aliphatic heterocycles. The van der Waals surface area contributed by atoms with Gasteiger partial charge >= 0.3 is 12.1 Å². The van der Waals surface area contributed by atoms with Crippen molar-refractivity contribution >= 4 is 29.5 Å². The molecule has 0 bridgehead atoms. The van der Waals surface area contributed by atoms with E-state index in [2.05, 4.69) is 37.2 Å². The number of anilines is 1. The van der Waals surface area contributed by atoms with E-state index >= 15 is 0 Å². The van der Waals surface area contributed by atoms with Crippen molar-refractivity contribution in [2.24, 2.45) is 0 Å². The first kappa shape index (κ1) is 22.8. The number of alkyl carbamates (subject to hydrolysis) is 1. The van der Waals surface area contributed by atoms with Gasteiger partial charge in [0.1, 0.15) is 11.4 Å². The molecule has 8 nitrogen and oxygen atoms in total. The minimum atomic E-state index is -0.662. The molecule has 1 aromatic heterocycles. The maximum absolute atomic E-state index is 12.1. The predicted molar refractivity (Wildman–Crippen MR) is 110 cm³/mol. The van der Waals surface area contributed by atoms with Crippen LogP contribution in [0.15, 0.2) is 6.20 Å². The van der Waals surface area contributed by atoms with Crippen molar-refractivity contribution in [3.63, 3.8) is 0 Å². The van der Waals surface area contributed by atoms with Crippen LogP contribution < -0.4 is 10.6 Å². The number of carbonyl (C=O) groups excluding carboxylic acids is 2. The lowest BCUT2D eigenvalue weighted by molar-refractivity contribution is -0.133. The summed E-state index contributed by atoms with van der Waals surface area (Å²) in [5.41, 5.74) is -0.593. The fourth-order valence-corrected chi connectivity index (χ4v) is 3.23. The van der Waals surface area contributed by atoms with Crippen LogP contribution in [0.3, 0.4) is 0 Å². The summed E-state index contributed by atoms with van der Waals surface area (Å²) in [6.45, 7) is 5.80. The van der Waals surface area contributed by atoms with Crippen LogP contribution in [0.25, 0.3) is 0 Å². The second kappa shape index (κ2) is 9.79. The Morgan fingerprint density at radius 3 is 2.59 bits per heavy atom. The van der Waals surface area contributed by atoms with Gasteiger partial charge in [-0.25, -0.2) is 14.6 Å². The molecule has 0 saturated heterocycles. The molecule has 2 rings (SSSR count). The Balaban J connectivity index is 2.23. The molecule has 9 heteroatoms. The molecule has 1 fully saturated rings. The van der Waals surface area contributed by atoms with E-state index in [1.165, 1.54) is 13.3 Å². The summed E-state index contributed by atoms with van der Waals surface area (Å²) in [6, 6.07) is 0. The van der Waals surface area contributed by atoms with Crippen molar-refractivity contribution in [3.05, 3.63) is 17.0 Å². The van der Waals surface area contributed by atoms with Gasteiger partial charge in [-0.1, -0.05) is 19.3 Å². The van der Waals surface area contributed by atoms with E-state index in [9.17, 15) is 9.59 Å². The number of hydrogen-bond acceptors (Lipinski definition) is 7. The first-order valence-electron chi connectivity index (χ1n) is 9.50.